The minimum atomic E-state index is -1.44. The van der Waals surface area contributed by atoms with Crippen LogP contribution in [0, 0.1) is 5.92 Å². The molecule has 4 nitrogen and oxygen atoms in total. The zero-order valence-corrected chi connectivity index (χ0v) is 18.6. The Morgan fingerprint density at radius 2 is 1.32 bits per heavy atom. The number of quaternary nitrogens is 1. The SMILES string of the molecule is C[N+]1(C)CC(C2CCCCC2)=C(c2ccccn2)[B-]1(c1ccccn1)c1ccccn1. The fraction of sp³-hybridized carbons (Fsp3) is 0.346. The molecular weight excluding hydrogens is 379 g/mol. The van der Waals surface area contributed by atoms with Crippen LogP contribution in [0.3, 0.4) is 0 Å². The van der Waals surface area contributed by atoms with Crippen LogP contribution in [0.5, 0.6) is 0 Å². The van der Waals surface area contributed by atoms with Crippen molar-refractivity contribution in [2.24, 2.45) is 5.92 Å². The lowest BCUT2D eigenvalue weighted by molar-refractivity contribution is -0.778. The molecule has 0 aromatic carbocycles. The lowest BCUT2D eigenvalue weighted by Gasteiger charge is -2.51. The molecule has 0 saturated heterocycles. The van der Waals surface area contributed by atoms with E-state index in [0.717, 1.165) is 27.8 Å². The first kappa shape index (κ1) is 20.1. The van der Waals surface area contributed by atoms with Crippen LogP contribution in [-0.2, 0) is 0 Å². The highest BCUT2D eigenvalue weighted by atomic mass is 15.3. The molecule has 5 heteroatoms. The van der Waals surface area contributed by atoms with Gasteiger partial charge in [0.1, 0.15) is 0 Å². The molecule has 3 aromatic rings. The zero-order valence-electron chi connectivity index (χ0n) is 18.6. The van der Waals surface area contributed by atoms with Gasteiger partial charge in [-0.2, -0.15) is 0 Å². The Kier molecular flexibility index (Phi) is 5.23. The summed E-state index contributed by atoms with van der Waals surface area (Å²) in [6.07, 6.45) is 10.9. The summed E-state index contributed by atoms with van der Waals surface area (Å²) in [4.78, 5) is 14.9. The van der Waals surface area contributed by atoms with Crippen molar-refractivity contribution in [1.29, 1.82) is 0 Å². The van der Waals surface area contributed by atoms with Crippen LogP contribution in [0.15, 0.2) is 78.8 Å². The molecule has 0 amide bonds. The summed E-state index contributed by atoms with van der Waals surface area (Å²) in [5, 5.41) is 0. The number of nitrogens with zero attached hydrogens (tertiary/aromatic N) is 4. The fourth-order valence-corrected chi connectivity index (χ4v) is 6.39. The topological polar surface area (TPSA) is 38.7 Å². The molecule has 2 aliphatic rings. The van der Waals surface area contributed by atoms with Gasteiger partial charge in [0.25, 0.3) is 0 Å². The van der Waals surface area contributed by atoms with Gasteiger partial charge in [0.2, 0.25) is 0 Å². The predicted molar refractivity (Wildman–Crippen MR) is 128 cm³/mol. The summed E-state index contributed by atoms with van der Waals surface area (Å²) < 4.78 is 0.825. The molecule has 0 spiro atoms. The van der Waals surface area contributed by atoms with Crippen molar-refractivity contribution < 1.29 is 4.39 Å². The third-order valence-electron chi connectivity index (χ3n) is 7.66. The van der Waals surface area contributed by atoms with Gasteiger partial charge >= 0.3 is 6.28 Å². The Morgan fingerprint density at radius 1 is 0.742 bits per heavy atom. The first-order valence-corrected chi connectivity index (χ1v) is 11.6. The van der Waals surface area contributed by atoms with Gasteiger partial charge in [-0.1, -0.05) is 49.6 Å². The standard InChI is InChI=1S/C26H31BN4/c1-31(2)20-22(21-12-4-3-5-13-21)26(23-14-6-9-17-28-23)27(31,24-15-7-10-18-29-24)25-16-8-11-19-30-25/h6-11,14-19,21H,3-5,12-13,20H2,1-2H3. The molecular formula is C26H31BN4. The summed E-state index contributed by atoms with van der Waals surface area (Å²) in [5.74, 6) is 0.624. The van der Waals surface area contributed by atoms with E-state index in [9.17, 15) is 0 Å². The van der Waals surface area contributed by atoms with Crippen molar-refractivity contribution >= 4 is 22.9 Å². The van der Waals surface area contributed by atoms with E-state index in [1.165, 1.54) is 37.6 Å². The first-order chi connectivity index (χ1) is 15.1. The molecule has 3 aromatic heterocycles. The van der Waals surface area contributed by atoms with Crippen molar-refractivity contribution in [3.05, 3.63) is 84.5 Å². The fourth-order valence-electron chi connectivity index (χ4n) is 6.39. The van der Waals surface area contributed by atoms with Crippen LogP contribution in [0.25, 0.3) is 5.47 Å². The Labute approximate surface area is 185 Å². The third kappa shape index (κ3) is 3.23. The van der Waals surface area contributed by atoms with Crippen molar-refractivity contribution in [2.45, 2.75) is 32.1 Å². The molecule has 0 N–H and O–H groups in total. The van der Waals surface area contributed by atoms with Gasteiger partial charge in [-0.25, -0.2) is 0 Å². The van der Waals surface area contributed by atoms with Gasteiger partial charge in [0.05, 0.1) is 6.54 Å². The van der Waals surface area contributed by atoms with Gasteiger partial charge in [-0.05, 0) is 59.8 Å². The molecule has 0 unspecified atom stereocenters. The Morgan fingerprint density at radius 3 is 1.84 bits per heavy atom. The van der Waals surface area contributed by atoms with Crippen molar-refractivity contribution in [2.75, 3.05) is 20.6 Å². The zero-order chi connectivity index (χ0) is 21.3. The third-order valence-corrected chi connectivity index (χ3v) is 7.66. The lowest BCUT2D eigenvalue weighted by atomic mass is 9.24. The number of likely N-dealkylation sites (N-methyl/N-ethyl adjacent to an activating group) is 1. The van der Waals surface area contributed by atoms with Crippen LogP contribution in [0.1, 0.15) is 37.8 Å². The van der Waals surface area contributed by atoms with Crippen molar-refractivity contribution in [3.63, 3.8) is 0 Å². The van der Waals surface area contributed by atoms with Gasteiger partial charge in [0.15, 0.2) is 0 Å². The highest BCUT2D eigenvalue weighted by Gasteiger charge is 2.56. The first-order valence-electron chi connectivity index (χ1n) is 11.6. The summed E-state index contributed by atoms with van der Waals surface area (Å²) in [6, 6.07) is 18.9. The molecule has 0 atom stereocenters. The normalized spacial score (nSPS) is 20.7. The molecule has 4 heterocycles. The number of pyridine rings is 3. The molecule has 158 valence electrons. The van der Waals surface area contributed by atoms with Crippen LogP contribution >= 0.6 is 0 Å². The van der Waals surface area contributed by atoms with E-state index in [1.54, 1.807) is 5.57 Å². The summed E-state index contributed by atoms with van der Waals surface area (Å²) in [6.45, 7) is 1.02. The molecule has 1 saturated carbocycles. The molecule has 31 heavy (non-hydrogen) atoms. The van der Waals surface area contributed by atoms with Crippen LogP contribution in [0.4, 0.5) is 0 Å². The number of hydrogen-bond donors (Lipinski definition) is 0. The Hall–Kier alpha value is -2.79. The van der Waals surface area contributed by atoms with E-state index in [0.29, 0.717) is 5.92 Å². The maximum absolute atomic E-state index is 4.97. The number of aromatic nitrogens is 3. The monoisotopic (exact) mass is 410 g/mol. The Bertz CT molecular complexity index is 1020. The quantitative estimate of drug-likeness (QED) is 0.617. The van der Waals surface area contributed by atoms with E-state index in [2.05, 4.69) is 50.5 Å². The highest BCUT2D eigenvalue weighted by molar-refractivity contribution is 7.10. The van der Waals surface area contributed by atoms with E-state index in [-0.39, 0.29) is 0 Å². The number of rotatable bonds is 4. The highest BCUT2D eigenvalue weighted by Crippen LogP contribution is 2.45. The average Bonchev–Trinajstić information content (AvgIpc) is 3.09. The predicted octanol–water partition coefficient (Wildman–Crippen LogP) is 3.59. The van der Waals surface area contributed by atoms with Gasteiger partial charge < -0.3 is 4.39 Å². The van der Waals surface area contributed by atoms with E-state index < -0.39 is 6.28 Å². The molecule has 5 rings (SSSR count). The molecule has 0 bridgehead atoms. The summed E-state index contributed by atoms with van der Waals surface area (Å²) >= 11 is 0. The second-order valence-corrected chi connectivity index (χ2v) is 9.76. The second kappa shape index (κ2) is 8.05. The average molecular weight is 410 g/mol. The van der Waals surface area contributed by atoms with Crippen molar-refractivity contribution in [3.8, 4) is 0 Å². The van der Waals surface area contributed by atoms with Gasteiger partial charge in [0, 0.05) is 38.4 Å². The Balaban J connectivity index is 1.87. The molecule has 1 aliphatic heterocycles. The van der Waals surface area contributed by atoms with E-state index >= 15 is 0 Å². The minimum absolute atomic E-state index is 0.624. The second-order valence-electron chi connectivity index (χ2n) is 9.76. The lowest BCUT2D eigenvalue weighted by Crippen LogP contribution is -2.76. The maximum atomic E-state index is 4.97. The van der Waals surface area contributed by atoms with E-state index in [1.807, 2.05) is 36.8 Å². The molecule has 1 aliphatic carbocycles. The smallest absolute Gasteiger partial charge is 0.327 e. The number of hydrogen-bond acceptors (Lipinski definition) is 3. The summed E-state index contributed by atoms with van der Waals surface area (Å²) in [7, 11) is 4.73. The van der Waals surface area contributed by atoms with Crippen molar-refractivity contribution in [1.82, 2.24) is 15.0 Å². The minimum Gasteiger partial charge on any atom is -0.503 e. The maximum Gasteiger partial charge on any atom is 0.327 e. The van der Waals surface area contributed by atoms with Crippen LogP contribution in [-0.4, -0.2) is 46.3 Å². The van der Waals surface area contributed by atoms with Crippen LogP contribution < -0.4 is 11.2 Å². The largest absolute Gasteiger partial charge is 0.503 e. The summed E-state index contributed by atoms with van der Waals surface area (Å²) in [5.41, 5.74) is 6.27. The van der Waals surface area contributed by atoms with Crippen LogP contribution in [0.2, 0.25) is 0 Å². The molecule has 0 radical (unpaired) electrons. The van der Waals surface area contributed by atoms with Gasteiger partial charge in [-0.15, -0.1) is 5.47 Å². The molecule has 1 fully saturated rings. The van der Waals surface area contributed by atoms with Gasteiger partial charge in [-0.3, -0.25) is 15.0 Å². The van der Waals surface area contributed by atoms with E-state index in [4.69, 9.17) is 15.0 Å².